The first kappa shape index (κ1) is 22.7. The van der Waals surface area contributed by atoms with Gasteiger partial charge in [-0.05, 0) is 0 Å². The molecular weight excluding hydrogens is 258 g/mol. The maximum absolute atomic E-state index is 9.43. The molecule has 0 fully saturated rings. The van der Waals surface area contributed by atoms with Crippen LogP contribution in [0, 0.1) is 0 Å². The van der Waals surface area contributed by atoms with Gasteiger partial charge in [0.15, 0.2) is 0 Å². The van der Waals surface area contributed by atoms with Crippen LogP contribution in [0.3, 0.4) is 0 Å². The normalized spacial score (nSPS) is 9.90. The van der Waals surface area contributed by atoms with Crippen LogP contribution in [0.25, 0.3) is 0 Å². The van der Waals surface area contributed by atoms with Crippen molar-refractivity contribution in [1.29, 1.82) is 0 Å². The second kappa shape index (κ2) is 21.8. The van der Waals surface area contributed by atoms with Gasteiger partial charge in [0.2, 0.25) is 6.41 Å². The Morgan fingerprint density at radius 3 is 0.905 bits per heavy atom. The molecule has 0 rings (SSSR count). The predicted octanol–water partition coefficient (Wildman–Crippen LogP) is 6.19. The Hall–Kier alpha value is -0.530. The lowest BCUT2D eigenvalue weighted by Gasteiger charge is -2.02. The smallest absolute Gasteiger partial charge is 0.209 e. The minimum Gasteiger partial charge on any atom is -0.351 e. The van der Waals surface area contributed by atoms with Crippen molar-refractivity contribution in [2.75, 3.05) is 14.1 Å². The van der Waals surface area contributed by atoms with Gasteiger partial charge in [-0.2, -0.15) is 0 Å². The highest BCUT2D eigenvalue weighted by atomic mass is 16.1. The minimum atomic E-state index is 0.750. The third-order valence-electron chi connectivity index (χ3n) is 3.67. The first-order valence-corrected chi connectivity index (χ1v) is 9.30. The van der Waals surface area contributed by atoms with E-state index in [0.29, 0.717) is 0 Å². The summed E-state index contributed by atoms with van der Waals surface area (Å²) in [5.74, 6) is 0. The number of carbonyl (C=O) groups excluding carboxylic acids is 1. The van der Waals surface area contributed by atoms with E-state index in [4.69, 9.17) is 0 Å². The summed E-state index contributed by atoms with van der Waals surface area (Å²) in [6.07, 6.45) is 21.2. The molecule has 0 aliphatic carbocycles. The molecule has 0 N–H and O–H groups in total. The Morgan fingerprint density at radius 2 is 0.762 bits per heavy atom. The van der Waals surface area contributed by atoms with Gasteiger partial charge in [0.1, 0.15) is 0 Å². The number of rotatable bonds is 14. The van der Waals surface area contributed by atoms with Crippen molar-refractivity contribution in [3.63, 3.8) is 0 Å². The highest BCUT2D eigenvalue weighted by Crippen LogP contribution is 2.12. The van der Waals surface area contributed by atoms with E-state index in [0.717, 1.165) is 6.41 Å². The van der Waals surface area contributed by atoms with Crippen molar-refractivity contribution < 1.29 is 4.79 Å². The van der Waals surface area contributed by atoms with Crippen molar-refractivity contribution in [3.8, 4) is 0 Å². The van der Waals surface area contributed by atoms with Gasteiger partial charge in [-0.25, -0.2) is 0 Å². The van der Waals surface area contributed by atoms with Gasteiger partial charge in [-0.1, -0.05) is 104 Å². The summed E-state index contributed by atoms with van der Waals surface area (Å²) in [5, 5.41) is 0. The van der Waals surface area contributed by atoms with Crippen LogP contribution in [0.4, 0.5) is 0 Å². The Labute approximate surface area is 134 Å². The van der Waals surface area contributed by atoms with Crippen LogP contribution in [0.2, 0.25) is 0 Å². The van der Waals surface area contributed by atoms with E-state index in [1.165, 1.54) is 94.8 Å². The fourth-order valence-electron chi connectivity index (χ4n) is 2.27. The summed E-state index contributed by atoms with van der Waals surface area (Å²) in [4.78, 5) is 10.9. The fourth-order valence-corrected chi connectivity index (χ4v) is 2.27. The first-order valence-electron chi connectivity index (χ1n) is 9.30. The highest BCUT2D eigenvalue weighted by molar-refractivity contribution is 5.45. The minimum absolute atomic E-state index is 0.750. The van der Waals surface area contributed by atoms with Crippen LogP contribution in [-0.4, -0.2) is 25.4 Å². The van der Waals surface area contributed by atoms with E-state index in [2.05, 4.69) is 13.8 Å². The molecule has 2 nitrogen and oxygen atoms in total. The third kappa shape index (κ3) is 28.4. The highest BCUT2D eigenvalue weighted by Gasteiger charge is 1.92. The maximum Gasteiger partial charge on any atom is 0.209 e. The Kier molecular flexibility index (Phi) is 23.6. The van der Waals surface area contributed by atoms with E-state index in [9.17, 15) is 4.79 Å². The largest absolute Gasteiger partial charge is 0.351 e. The third-order valence-corrected chi connectivity index (χ3v) is 3.67. The molecule has 2 heteroatoms. The molecule has 0 aromatic heterocycles. The second-order valence-corrected chi connectivity index (χ2v) is 6.31. The number of carbonyl (C=O) groups is 1. The number of hydrogen-bond acceptors (Lipinski definition) is 1. The molecule has 0 aromatic carbocycles. The molecule has 0 bridgehead atoms. The number of amides is 1. The summed E-state index contributed by atoms with van der Waals surface area (Å²) in [5.41, 5.74) is 0. The van der Waals surface area contributed by atoms with E-state index in [1.54, 1.807) is 14.1 Å². The summed E-state index contributed by atoms with van der Waals surface area (Å²) in [6, 6.07) is 0. The van der Waals surface area contributed by atoms with Gasteiger partial charge in [-0.15, -0.1) is 0 Å². The monoisotopic (exact) mass is 299 g/mol. The second-order valence-electron chi connectivity index (χ2n) is 6.31. The van der Waals surface area contributed by atoms with Gasteiger partial charge in [0, 0.05) is 14.1 Å². The molecule has 0 heterocycles. The molecule has 0 spiro atoms. The number of nitrogens with zero attached hydrogens (tertiary/aromatic N) is 1. The average molecular weight is 300 g/mol. The van der Waals surface area contributed by atoms with E-state index < -0.39 is 0 Å². The zero-order valence-electron chi connectivity index (χ0n) is 15.3. The van der Waals surface area contributed by atoms with E-state index in [-0.39, 0.29) is 0 Å². The molecule has 0 aliphatic rings. The SMILES string of the molecule is CCCCCCCCCCCCCCCC.CN(C)C=O. The molecule has 128 valence electrons. The Balaban J connectivity index is 0. The topological polar surface area (TPSA) is 20.3 Å². The quantitative estimate of drug-likeness (QED) is 0.276. The lowest BCUT2D eigenvalue weighted by Crippen LogP contribution is -2.06. The van der Waals surface area contributed by atoms with Crippen LogP contribution in [0.1, 0.15) is 104 Å². The van der Waals surface area contributed by atoms with Crippen LogP contribution in [-0.2, 0) is 4.79 Å². The van der Waals surface area contributed by atoms with Crippen molar-refractivity contribution in [3.05, 3.63) is 0 Å². The van der Waals surface area contributed by atoms with Gasteiger partial charge < -0.3 is 4.90 Å². The zero-order chi connectivity index (χ0) is 16.2. The Morgan fingerprint density at radius 1 is 0.571 bits per heavy atom. The van der Waals surface area contributed by atoms with Crippen LogP contribution >= 0.6 is 0 Å². The zero-order valence-corrected chi connectivity index (χ0v) is 15.3. The molecule has 21 heavy (non-hydrogen) atoms. The first-order chi connectivity index (χ1) is 10.2. The maximum atomic E-state index is 9.43. The van der Waals surface area contributed by atoms with Crippen molar-refractivity contribution >= 4 is 6.41 Å². The lowest BCUT2D eigenvalue weighted by atomic mass is 10.0. The predicted molar refractivity (Wildman–Crippen MR) is 95.7 cm³/mol. The van der Waals surface area contributed by atoms with E-state index in [1.807, 2.05) is 0 Å². The van der Waals surface area contributed by atoms with Gasteiger partial charge in [0.25, 0.3) is 0 Å². The summed E-state index contributed by atoms with van der Waals surface area (Å²) >= 11 is 0. The van der Waals surface area contributed by atoms with Gasteiger partial charge in [0.05, 0.1) is 0 Å². The molecule has 1 amide bonds. The van der Waals surface area contributed by atoms with Crippen molar-refractivity contribution in [1.82, 2.24) is 4.90 Å². The van der Waals surface area contributed by atoms with Crippen molar-refractivity contribution in [2.45, 2.75) is 104 Å². The van der Waals surface area contributed by atoms with Gasteiger partial charge in [-0.3, -0.25) is 4.79 Å². The van der Waals surface area contributed by atoms with Crippen molar-refractivity contribution in [2.24, 2.45) is 0 Å². The molecular formula is C19H41NO. The molecule has 0 atom stereocenters. The summed E-state index contributed by atoms with van der Waals surface area (Å²) in [6.45, 7) is 4.58. The standard InChI is InChI=1S/C16H34.C3H7NO/c1-3-5-7-9-11-13-15-16-14-12-10-8-6-4-2;1-4(2)3-5/h3-16H2,1-2H3;3H,1-2H3. The van der Waals surface area contributed by atoms with Crippen LogP contribution < -0.4 is 0 Å². The number of hydrogen-bond donors (Lipinski definition) is 0. The molecule has 0 aromatic rings. The summed E-state index contributed by atoms with van der Waals surface area (Å²) in [7, 11) is 3.38. The summed E-state index contributed by atoms with van der Waals surface area (Å²) < 4.78 is 0. The van der Waals surface area contributed by atoms with Crippen LogP contribution in [0.15, 0.2) is 0 Å². The number of unbranched alkanes of at least 4 members (excludes halogenated alkanes) is 13. The lowest BCUT2D eigenvalue weighted by molar-refractivity contribution is -0.115. The van der Waals surface area contributed by atoms with Gasteiger partial charge >= 0.3 is 0 Å². The molecule has 0 aliphatic heterocycles. The molecule has 0 saturated carbocycles. The molecule has 0 unspecified atom stereocenters. The van der Waals surface area contributed by atoms with Crippen LogP contribution in [0.5, 0.6) is 0 Å². The fraction of sp³-hybridized carbons (Fsp3) is 0.947. The molecule has 0 saturated heterocycles. The Bertz CT molecular complexity index is 166. The van der Waals surface area contributed by atoms with E-state index >= 15 is 0 Å². The average Bonchev–Trinajstić information content (AvgIpc) is 2.49. The molecule has 0 radical (unpaired) electrons.